The van der Waals surface area contributed by atoms with Gasteiger partial charge in [-0.3, -0.25) is 9.59 Å². The van der Waals surface area contributed by atoms with Crippen LogP contribution in [0.4, 0.5) is 0 Å². The lowest BCUT2D eigenvalue weighted by Gasteiger charge is -2.20. The molecule has 0 aromatic heterocycles. The maximum atomic E-state index is 12.6. The summed E-state index contributed by atoms with van der Waals surface area (Å²) in [4.78, 5) is 24.6. The van der Waals surface area contributed by atoms with Crippen molar-refractivity contribution >= 4 is 11.9 Å². The first kappa shape index (κ1) is 89.3. The van der Waals surface area contributed by atoms with Gasteiger partial charge in [0, 0.05) is 12.8 Å². The Morgan fingerprint density at radius 1 is 0.297 bits per heavy atom. The van der Waals surface area contributed by atoms with E-state index >= 15 is 0 Å². The number of ether oxygens (including phenoxy) is 1. The molecule has 0 aromatic rings. The average Bonchev–Trinajstić information content (AvgIpc) is 3.61. The second-order valence-corrected chi connectivity index (χ2v) is 29.2. The molecule has 1 amide bonds. The summed E-state index contributed by atoms with van der Waals surface area (Å²) < 4.78 is 5.50. The van der Waals surface area contributed by atoms with Gasteiger partial charge in [0.1, 0.15) is 0 Å². The number of unbranched alkanes of at least 4 members (excludes halogenated alkanes) is 67. The van der Waals surface area contributed by atoms with Gasteiger partial charge in [-0.05, 0) is 57.8 Å². The molecule has 0 heterocycles. The van der Waals surface area contributed by atoms with E-state index in [1.165, 1.54) is 417 Å². The molecule has 2 atom stereocenters. The van der Waals surface area contributed by atoms with Crippen molar-refractivity contribution in [2.45, 2.75) is 495 Å². The van der Waals surface area contributed by atoms with Gasteiger partial charge in [-0.25, -0.2) is 0 Å². The molecule has 6 heteroatoms. The van der Waals surface area contributed by atoms with Crippen LogP contribution in [0.15, 0.2) is 24.3 Å². The molecule has 2 unspecified atom stereocenters. The third-order valence-corrected chi connectivity index (χ3v) is 20.0. The van der Waals surface area contributed by atoms with Crippen LogP contribution in [0.3, 0.4) is 0 Å². The molecule has 91 heavy (non-hydrogen) atoms. The van der Waals surface area contributed by atoms with Crippen LogP contribution in [0, 0.1) is 0 Å². The fraction of sp³-hybridized carbons (Fsp3) is 0.929. The Hall–Kier alpha value is -1.66. The highest BCUT2D eigenvalue weighted by Gasteiger charge is 2.18. The minimum absolute atomic E-state index is 0.0234. The highest BCUT2D eigenvalue weighted by Crippen LogP contribution is 2.20. The van der Waals surface area contributed by atoms with Gasteiger partial charge >= 0.3 is 5.97 Å². The zero-order chi connectivity index (χ0) is 65.6. The van der Waals surface area contributed by atoms with Crippen LogP contribution >= 0.6 is 0 Å². The molecule has 0 spiro atoms. The highest BCUT2D eigenvalue weighted by molar-refractivity contribution is 5.76. The molecule has 0 aliphatic carbocycles. The summed E-state index contributed by atoms with van der Waals surface area (Å²) in [6.07, 6.45) is 105. The van der Waals surface area contributed by atoms with Crippen molar-refractivity contribution in [1.29, 1.82) is 0 Å². The number of rotatable bonds is 80. The smallest absolute Gasteiger partial charge is 0.305 e. The number of nitrogens with one attached hydrogen (secondary N) is 1. The van der Waals surface area contributed by atoms with Gasteiger partial charge in [0.2, 0.25) is 5.91 Å². The standard InChI is InChI=1S/C85H165NO5/c1-3-5-7-9-11-13-15-17-19-20-21-22-23-35-38-41-44-47-50-53-57-61-65-69-73-77-83(88)82(81-87)86-84(89)78-74-70-66-62-58-54-51-48-45-42-39-36-33-31-29-27-25-24-26-28-30-32-34-37-40-43-46-49-52-56-60-64-68-72-76-80-91-85(90)79-75-71-67-63-59-55-18-16-14-12-10-8-6-4-2/h26,28,73,77,82-83,87-88H,3-25,27,29-72,74-76,78-81H2,1-2H3,(H,86,89)/b28-26-,77-73+. The molecule has 6 nitrogen and oxygen atoms in total. The summed E-state index contributed by atoms with van der Waals surface area (Å²) in [7, 11) is 0. The largest absolute Gasteiger partial charge is 0.466 e. The Morgan fingerprint density at radius 2 is 0.516 bits per heavy atom. The average molecular weight is 1280 g/mol. The van der Waals surface area contributed by atoms with Crippen molar-refractivity contribution in [1.82, 2.24) is 5.32 Å². The molecule has 0 rings (SSSR count). The quantitative estimate of drug-likeness (QED) is 0.0320. The predicted molar refractivity (Wildman–Crippen MR) is 403 cm³/mol. The van der Waals surface area contributed by atoms with Crippen LogP contribution < -0.4 is 5.32 Å². The zero-order valence-electron chi connectivity index (χ0n) is 62.1. The van der Waals surface area contributed by atoms with E-state index in [0.717, 1.165) is 38.5 Å². The Balaban J connectivity index is 3.36. The third kappa shape index (κ3) is 77.2. The monoisotopic (exact) mass is 1280 g/mol. The first-order valence-electron chi connectivity index (χ1n) is 42.1. The lowest BCUT2D eigenvalue weighted by Crippen LogP contribution is -2.45. The van der Waals surface area contributed by atoms with Gasteiger partial charge in [0.05, 0.1) is 25.4 Å². The van der Waals surface area contributed by atoms with Gasteiger partial charge in [-0.15, -0.1) is 0 Å². The Labute approximate surface area is 571 Å². The maximum absolute atomic E-state index is 12.6. The van der Waals surface area contributed by atoms with Crippen molar-refractivity contribution in [3.63, 3.8) is 0 Å². The molecule has 0 saturated carbocycles. The van der Waals surface area contributed by atoms with Crippen molar-refractivity contribution in [2.24, 2.45) is 0 Å². The second-order valence-electron chi connectivity index (χ2n) is 29.2. The Bertz CT molecular complexity index is 1430. The summed E-state index contributed by atoms with van der Waals surface area (Å²) in [5.74, 6) is -0.0352. The number of hydrogen-bond acceptors (Lipinski definition) is 5. The fourth-order valence-electron chi connectivity index (χ4n) is 13.6. The van der Waals surface area contributed by atoms with Gasteiger partial charge in [-0.1, -0.05) is 436 Å². The molecular formula is C85H165NO5. The number of hydrogen-bond donors (Lipinski definition) is 3. The van der Waals surface area contributed by atoms with E-state index in [0.29, 0.717) is 19.4 Å². The van der Waals surface area contributed by atoms with Crippen molar-refractivity contribution in [2.75, 3.05) is 13.2 Å². The van der Waals surface area contributed by atoms with Gasteiger partial charge in [0.25, 0.3) is 0 Å². The highest BCUT2D eigenvalue weighted by atomic mass is 16.5. The summed E-state index contributed by atoms with van der Waals surface area (Å²) in [6.45, 7) is 4.97. The number of carbonyl (C=O) groups excluding carboxylic acids is 2. The summed E-state index contributed by atoms with van der Waals surface area (Å²) in [5, 5.41) is 23.3. The minimum atomic E-state index is -0.844. The molecule has 0 aromatic carbocycles. The van der Waals surface area contributed by atoms with Crippen molar-refractivity contribution < 1.29 is 24.5 Å². The number of esters is 1. The van der Waals surface area contributed by atoms with Crippen LogP contribution in [0.25, 0.3) is 0 Å². The Kier molecular flexibility index (Phi) is 79.3. The van der Waals surface area contributed by atoms with E-state index in [-0.39, 0.29) is 18.5 Å². The lowest BCUT2D eigenvalue weighted by molar-refractivity contribution is -0.143. The minimum Gasteiger partial charge on any atom is -0.466 e. The van der Waals surface area contributed by atoms with Gasteiger partial charge in [-0.2, -0.15) is 0 Å². The van der Waals surface area contributed by atoms with E-state index in [4.69, 9.17) is 4.74 Å². The Morgan fingerprint density at radius 3 is 0.780 bits per heavy atom. The molecule has 0 aliphatic rings. The van der Waals surface area contributed by atoms with Crippen molar-refractivity contribution in [3.05, 3.63) is 24.3 Å². The summed E-state index contributed by atoms with van der Waals surface area (Å²) in [5.41, 5.74) is 0. The molecule has 3 N–H and O–H groups in total. The van der Waals surface area contributed by atoms with Crippen molar-refractivity contribution in [3.8, 4) is 0 Å². The van der Waals surface area contributed by atoms with E-state index in [9.17, 15) is 19.8 Å². The number of carbonyl (C=O) groups is 2. The van der Waals surface area contributed by atoms with Gasteiger partial charge in [0.15, 0.2) is 0 Å². The zero-order valence-corrected chi connectivity index (χ0v) is 62.1. The predicted octanol–water partition coefficient (Wildman–Crippen LogP) is 28.0. The molecule has 0 fully saturated rings. The topological polar surface area (TPSA) is 95.9 Å². The normalized spacial score (nSPS) is 12.5. The molecule has 0 aliphatic heterocycles. The SMILES string of the molecule is CCCCCCCCCCCCCCCCCCCCCCCCC/C=C/C(O)C(CO)NC(=O)CCCCCCCCCCCCCCCCCCC/C=C\CCCCCCCCCCCCCCCCOC(=O)CCCCCCCCCCCCCCCC. The molecular weight excluding hydrogens is 1110 g/mol. The van der Waals surface area contributed by atoms with Crippen LogP contribution in [-0.2, 0) is 14.3 Å². The number of allylic oxidation sites excluding steroid dienone is 3. The van der Waals surface area contributed by atoms with Crippen LogP contribution in [0.5, 0.6) is 0 Å². The molecule has 540 valence electrons. The van der Waals surface area contributed by atoms with E-state index in [1.807, 2.05) is 6.08 Å². The fourth-order valence-corrected chi connectivity index (χ4v) is 13.6. The third-order valence-electron chi connectivity index (χ3n) is 20.0. The van der Waals surface area contributed by atoms with Crippen LogP contribution in [-0.4, -0.2) is 47.4 Å². The number of aliphatic hydroxyl groups excluding tert-OH is 2. The van der Waals surface area contributed by atoms with E-state index in [1.54, 1.807) is 6.08 Å². The molecule has 0 saturated heterocycles. The number of amides is 1. The summed E-state index contributed by atoms with van der Waals surface area (Å²) >= 11 is 0. The van der Waals surface area contributed by atoms with Crippen LogP contribution in [0.2, 0.25) is 0 Å². The van der Waals surface area contributed by atoms with E-state index in [2.05, 4.69) is 31.3 Å². The van der Waals surface area contributed by atoms with E-state index < -0.39 is 12.1 Å². The van der Waals surface area contributed by atoms with Gasteiger partial charge < -0.3 is 20.3 Å². The van der Waals surface area contributed by atoms with Crippen LogP contribution in [0.1, 0.15) is 483 Å². The second kappa shape index (κ2) is 80.8. The lowest BCUT2D eigenvalue weighted by atomic mass is 10.0. The number of aliphatic hydroxyl groups is 2. The molecule has 0 bridgehead atoms. The summed E-state index contributed by atoms with van der Waals surface area (Å²) in [6, 6.07) is -0.627. The first-order chi connectivity index (χ1) is 45.0. The first-order valence-corrected chi connectivity index (χ1v) is 42.1. The maximum Gasteiger partial charge on any atom is 0.305 e. The molecule has 0 radical (unpaired) electrons.